The zero-order valence-corrected chi connectivity index (χ0v) is 7.36. The van der Waals surface area contributed by atoms with E-state index in [2.05, 4.69) is 0 Å². The van der Waals surface area contributed by atoms with E-state index in [0.29, 0.717) is 5.02 Å². The number of anilines is 1. The lowest BCUT2D eigenvalue weighted by Gasteiger charge is -2.02. The number of carboxylic acid groups (broad SMARTS) is 1. The number of rotatable bonds is 1. The van der Waals surface area contributed by atoms with Crippen molar-refractivity contribution in [1.82, 2.24) is 0 Å². The standard InChI is InChI=1S/C7H5Cl2NO2/c8-3-1-4(9)6(7(11)12)5(10)2-3/h1-2H,10H2,(H,11,12). The second kappa shape index (κ2) is 3.21. The lowest BCUT2D eigenvalue weighted by Crippen LogP contribution is -2.03. The van der Waals surface area contributed by atoms with Crippen LogP contribution in [0.25, 0.3) is 0 Å². The van der Waals surface area contributed by atoms with Crippen molar-refractivity contribution in [2.45, 2.75) is 0 Å². The van der Waals surface area contributed by atoms with E-state index in [1.165, 1.54) is 12.1 Å². The van der Waals surface area contributed by atoms with Gasteiger partial charge in [-0.15, -0.1) is 0 Å². The Morgan fingerprint density at radius 2 is 2.00 bits per heavy atom. The molecule has 0 aliphatic heterocycles. The van der Waals surface area contributed by atoms with E-state index < -0.39 is 5.97 Å². The van der Waals surface area contributed by atoms with Crippen LogP contribution in [0, 0.1) is 0 Å². The Balaban J connectivity index is 3.38. The number of carbonyl (C=O) groups is 1. The third kappa shape index (κ3) is 1.62. The highest BCUT2D eigenvalue weighted by Gasteiger charge is 2.13. The van der Waals surface area contributed by atoms with Gasteiger partial charge in [0.1, 0.15) is 5.56 Å². The van der Waals surface area contributed by atoms with Gasteiger partial charge in [0, 0.05) is 10.7 Å². The Kier molecular flexibility index (Phi) is 2.45. The van der Waals surface area contributed by atoms with Crippen LogP contribution in [0.15, 0.2) is 12.1 Å². The molecule has 5 heteroatoms. The molecule has 0 aromatic heterocycles. The SMILES string of the molecule is Nc1cc(Cl)cc(Cl)c1C(=O)O. The molecule has 0 aliphatic carbocycles. The van der Waals surface area contributed by atoms with Crippen LogP contribution >= 0.6 is 23.2 Å². The molecule has 0 spiro atoms. The van der Waals surface area contributed by atoms with Crippen LogP contribution in [0.2, 0.25) is 10.0 Å². The minimum Gasteiger partial charge on any atom is -0.478 e. The summed E-state index contributed by atoms with van der Waals surface area (Å²) in [6, 6.07) is 2.68. The van der Waals surface area contributed by atoms with Crippen LogP contribution in [-0.4, -0.2) is 11.1 Å². The molecule has 1 rings (SSSR count). The summed E-state index contributed by atoms with van der Waals surface area (Å²) < 4.78 is 0. The van der Waals surface area contributed by atoms with E-state index in [4.69, 9.17) is 34.0 Å². The first-order valence-corrected chi connectivity index (χ1v) is 3.76. The van der Waals surface area contributed by atoms with Crippen molar-refractivity contribution in [1.29, 1.82) is 0 Å². The van der Waals surface area contributed by atoms with Gasteiger partial charge in [0.2, 0.25) is 0 Å². The fourth-order valence-electron chi connectivity index (χ4n) is 0.819. The zero-order chi connectivity index (χ0) is 9.30. The molecule has 64 valence electrons. The van der Waals surface area contributed by atoms with Gasteiger partial charge in [-0.25, -0.2) is 4.79 Å². The van der Waals surface area contributed by atoms with Gasteiger partial charge in [-0.05, 0) is 12.1 Å². The Bertz CT molecular complexity index is 315. The summed E-state index contributed by atoms with van der Waals surface area (Å²) in [7, 11) is 0. The van der Waals surface area contributed by atoms with Crippen molar-refractivity contribution in [3.63, 3.8) is 0 Å². The highest BCUT2D eigenvalue weighted by atomic mass is 35.5. The van der Waals surface area contributed by atoms with E-state index in [0.717, 1.165) is 0 Å². The quantitative estimate of drug-likeness (QED) is 0.692. The average Bonchev–Trinajstić information content (AvgIpc) is 1.82. The molecular weight excluding hydrogens is 201 g/mol. The van der Waals surface area contributed by atoms with E-state index >= 15 is 0 Å². The Labute approximate surface area is 78.7 Å². The molecule has 0 saturated heterocycles. The summed E-state index contributed by atoms with van der Waals surface area (Å²) in [4.78, 5) is 10.5. The predicted octanol–water partition coefficient (Wildman–Crippen LogP) is 2.27. The van der Waals surface area contributed by atoms with Crippen LogP contribution in [0.5, 0.6) is 0 Å². The van der Waals surface area contributed by atoms with Gasteiger partial charge >= 0.3 is 5.97 Å². The predicted molar refractivity (Wildman–Crippen MR) is 47.8 cm³/mol. The first kappa shape index (κ1) is 9.16. The van der Waals surface area contributed by atoms with E-state index in [1.54, 1.807) is 0 Å². The lowest BCUT2D eigenvalue weighted by molar-refractivity contribution is 0.0698. The van der Waals surface area contributed by atoms with Gasteiger partial charge in [0.05, 0.1) is 5.02 Å². The molecule has 0 radical (unpaired) electrons. The molecule has 0 heterocycles. The van der Waals surface area contributed by atoms with Crippen LogP contribution in [-0.2, 0) is 0 Å². The number of hydrogen-bond donors (Lipinski definition) is 2. The lowest BCUT2D eigenvalue weighted by atomic mass is 10.2. The van der Waals surface area contributed by atoms with Gasteiger partial charge < -0.3 is 10.8 Å². The van der Waals surface area contributed by atoms with Gasteiger partial charge in [0.25, 0.3) is 0 Å². The van der Waals surface area contributed by atoms with E-state index in [-0.39, 0.29) is 16.3 Å². The summed E-state index contributed by atoms with van der Waals surface area (Å²) in [6.45, 7) is 0. The minimum atomic E-state index is -1.16. The van der Waals surface area contributed by atoms with Crippen LogP contribution in [0.4, 0.5) is 5.69 Å². The molecular formula is C7H5Cl2NO2. The summed E-state index contributed by atoms with van der Waals surface area (Å²) in [5, 5.41) is 9.00. The molecule has 0 unspecified atom stereocenters. The summed E-state index contributed by atoms with van der Waals surface area (Å²) >= 11 is 11.2. The smallest absolute Gasteiger partial charge is 0.339 e. The van der Waals surface area contributed by atoms with Crippen molar-refractivity contribution in [2.24, 2.45) is 0 Å². The first-order valence-electron chi connectivity index (χ1n) is 3.00. The number of nitrogen functional groups attached to an aromatic ring is 1. The Hall–Kier alpha value is -0.930. The van der Waals surface area contributed by atoms with Crippen LogP contribution < -0.4 is 5.73 Å². The molecule has 3 nitrogen and oxygen atoms in total. The van der Waals surface area contributed by atoms with Gasteiger partial charge in [-0.2, -0.15) is 0 Å². The maximum Gasteiger partial charge on any atom is 0.339 e. The monoisotopic (exact) mass is 205 g/mol. The maximum atomic E-state index is 10.5. The van der Waals surface area contributed by atoms with Crippen molar-refractivity contribution in [2.75, 3.05) is 5.73 Å². The second-order valence-corrected chi connectivity index (χ2v) is 3.00. The van der Waals surface area contributed by atoms with Crippen molar-refractivity contribution in [3.8, 4) is 0 Å². The highest BCUT2D eigenvalue weighted by molar-refractivity contribution is 6.37. The van der Waals surface area contributed by atoms with Gasteiger partial charge in [-0.1, -0.05) is 23.2 Å². The first-order chi connectivity index (χ1) is 5.52. The molecule has 1 aromatic rings. The maximum absolute atomic E-state index is 10.5. The number of aromatic carboxylic acids is 1. The largest absolute Gasteiger partial charge is 0.478 e. The van der Waals surface area contributed by atoms with E-state index in [1.807, 2.05) is 0 Å². The molecule has 12 heavy (non-hydrogen) atoms. The molecule has 1 aromatic carbocycles. The summed E-state index contributed by atoms with van der Waals surface area (Å²) in [6.07, 6.45) is 0. The molecule has 0 fully saturated rings. The fourth-order valence-corrected chi connectivity index (χ4v) is 1.41. The summed E-state index contributed by atoms with van der Waals surface area (Å²) in [5.41, 5.74) is 5.33. The van der Waals surface area contributed by atoms with Crippen molar-refractivity contribution >= 4 is 34.9 Å². The second-order valence-electron chi connectivity index (χ2n) is 2.16. The summed E-state index contributed by atoms with van der Waals surface area (Å²) in [5.74, 6) is -1.16. The van der Waals surface area contributed by atoms with E-state index in [9.17, 15) is 4.79 Å². The minimum absolute atomic E-state index is 0.0486. The third-order valence-electron chi connectivity index (χ3n) is 1.30. The molecule has 0 atom stereocenters. The molecule has 3 N–H and O–H groups in total. The average molecular weight is 206 g/mol. The van der Waals surface area contributed by atoms with Crippen LogP contribution in [0.3, 0.4) is 0 Å². The highest BCUT2D eigenvalue weighted by Crippen LogP contribution is 2.26. The molecule has 0 amide bonds. The van der Waals surface area contributed by atoms with Gasteiger partial charge in [0.15, 0.2) is 0 Å². The van der Waals surface area contributed by atoms with Crippen LogP contribution in [0.1, 0.15) is 10.4 Å². The number of nitrogens with two attached hydrogens (primary N) is 1. The Morgan fingerprint density at radius 3 is 2.42 bits per heavy atom. The number of benzene rings is 1. The molecule has 0 aliphatic rings. The van der Waals surface area contributed by atoms with Crippen molar-refractivity contribution < 1.29 is 9.90 Å². The number of hydrogen-bond acceptors (Lipinski definition) is 2. The normalized spacial score (nSPS) is 9.83. The number of carboxylic acids is 1. The fraction of sp³-hybridized carbons (Fsp3) is 0. The molecule has 0 saturated carbocycles. The van der Waals surface area contributed by atoms with Crippen molar-refractivity contribution in [3.05, 3.63) is 27.7 Å². The van der Waals surface area contributed by atoms with Gasteiger partial charge in [-0.3, -0.25) is 0 Å². The number of halogens is 2. The topological polar surface area (TPSA) is 63.3 Å². The third-order valence-corrected chi connectivity index (χ3v) is 1.82. The zero-order valence-electron chi connectivity index (χ0n) is 5.84. The Morgan fingerprint density at radius 1 is 1.42 bits per heavy atom. The molecule has 0 bridgehead atoms.